The van der Waals surface area contributed by atoms with Crippen LogP contribution in [-0.4, -0.2) is 49.6 Å². The summed E-state index contributed by atoms with van der Waals surface area (Å²) in [7, 11) is -2.53. The first-order valence-corrected chi connectivity index (χ1v) is 7.91. The van der Waals surface area contributed by atoms with Crippen molar-refractivity contribution in [3.63, 3.8) is 0 Å². The molecule has 0 aliphatic carbocycles. The van der Waals surface area contributed by atoms with Crippen LogP contribution in [0.5, 0.6) is 0 Å². The minimum atomic E-state index is -3.96. The Bertz CT molecular complexity index is 659. The van der Waals surface area contributed by atoms with Crippen molar-refractivity contribution in [3.8, 4) is 0 Å². The van der Waals surface area contributed by atoms with Gasteiger partial charge in [-0.15, -0.1) is 0 Å². The van der Waals surface area contributed by atoms with Gasteiger partial charge in [0, 0.05) is 19.3 Å². The molecule has 3 N–H and O–H groups in total. The van der Waals surface area contributed by atoms with Crippen LogP contribution in [0, 0.1) is 0 Å². The van der Waals surface area contributed by atoms with E-state index in [4.69, 9.17) is 10.5 Å². The summed E-state index contributed by atoms with van der Waals surface area (Å²) in [6, 6.07) is 3.42. The zero-order valence-corrected chi connectivity index (χ0v) is 12.6. The van der Waals surface area contributed by atoms with E-state index >= 15 is 0 Å². The molecule has 8 heteroatoms. The van der Waals surface area contributed by atoms with Gasteiger partial charge >= 0.3 is 5.97 Å². The Labute approximate surface area is 123 Å². The van der Waals surface area contributed by atoms with Gasteiger partial charge in [-0.1, -0.05) is 0 Å². The molecule has 0 spiro atoms. The van der Waals surface area contributed by atoms with Crippen LogP contribution in [0.15, 0.2) is 23.1 Å². The molecular formula is C13H18N2O5S. The zero-order valence-electron chi connectivity index (χ0n) is 11.8. The van der Waals surface area contributed by atoms with Crippen molar-refractivity contribution in [1.29, 1.82) is 0 Å². The number of ether oxygens (including phenoxy) is 1. The van der Waals surface area contributed by atoms with Crippen molar-refractivity contribution in [2.45, 2.75) is 30.4 Å². The lowest BCUT2D eigenvalue weighted by atomic mass is 10.2. The van der Waals surface area contributed by atoms with Gasteiger partial charge in [0.15, 0.2) is 0 Å². The number of nitrogens with zero attached hydrogens (tertiary/aromatic N) is 1. The Balaban J connectivity index is 2.48. The molecule has 1 aliphatic heterocycles. The van der Waals surface area contributed by atoms with E-state index in [1.54, 1.807) is 6.92 Å². The van der Waals surface area contributed by atoms with Crippen LogP contribution < -0.4 is 5.73 Å². The maximum Gasteiger partial charge on any atom is 0.337 e. The molecule has 1 aromatic rings. The summed E-state index contributed by atoms with van der Waals surface area (Å²) < 4.78 is 31.9. The number of rotatable bonds is 4. The summed E-state index contributed by atoms with van der Waals surface area (Å²) in [5.74, 6) is -1.31. The first-order chi connectivity index (χ1) is 9.75. The second-order valence-corrected chi connectivity index (χ2v) is 6.98. The quantitative estimate of drug-likeness (QED) is 0.794. The smallest absolute Gasteiger partial charge is 0.337 e. The number of carboxylic acids is 1. The minimum Gasteiger partial charge on any atom is -0.478 e. The Morgan fingerprint density at radius 3 is 2.67 bits per heavy atom. The van der Waals surface area contributed by atoms with E-state index in [9.17, 15) is 18.3 Å². The number of hydrogen-bond acceptors (Lipinski definition) is 5. The summed E-state index contributed by atoms with van der Waals surface area (Å²) in [5.41, 5.74) is 5.51. The number of benzene rings is 1. The molecule has 21 heavy (non-hydrogen) atoms. The molecular weight excluding hydrogens is 296 g/mol. The Morgan fingerprint density at radius 1 is 1.48 bits per heavy atom. The number of nitrogen functional groups attached to an aromatic ring is 1. The van der Waals surface area contributed by atoms with Crippen LogP contribution in [0.4, 0.5) is 5.69 Å². The number of anilines is 1. The average molecular weight is 314 g/mol. The predicted molar refractivity (Wildman–Crippen MR) is 76.6 cm³/mol. The van der Waals surface area contributed by atoms with Crippen molar-refractivity contribution >= 4 is 21.7 Å². The molecule has 2 rings (SSSR count). The van der Waals surface area contributed by atoms with Crippen molar-refractivity contribution in [1.82, 2.24) is 4.31 Å². The third kappa shape index (κ3) is 2.87. The molecule has 2 atom stereocenters. The number of carboxylic acid groups (broad SMARTS) is 1. The van der Waals surface area contributed by atoms with Crippen LogP contribution >= 0.6 is 0 Å². The lowest BCUT2D eigenvalue weighted by Gasteiger charge is -2.26. The summed E-state index contributed by atoms with van der Waals surface area (Å²) in [6.45, 7) is 2.27. The number of sulfonamides is 1. The normalized spacial score (nSPS) is 22.6. The third-order valence-electron chi connectivity index (χ3n) is 3.70. The van der Waals surface area contributed by atoms with E-state index in [0.717, 1.165) is 0 Å². The molecule has 1 heterocycles. The zero-order chi connectivity index (χ0) is 15.8. The van der Waals surface area contributed by atoms with Gasteiger partial charge in [-0.2, -0.15) is 4.31 Å². The number of likely N-dealkylation sites (N-methyl/N-ethyl adjacent to an activating group) is 1. The fourth-order valence-electron chi connectivity index (χ4n) is 2.46. The molecule has 1 fully saturated rings. The van der Waals surface area contributed by atoms with E-state index in [-0.39, 0.29) is 28.3 Å². The minimum absolute atomic E-state index is 0.197. The van der Waals surface area contributed by atoms with Crippen molar-refractivity contribution in [2.75, 3.05) is 19.4 Å². The first kappa shape index (κ1) is 15.7. The second-order valence-electron chi connectivity index (χ2n) is 5.01. The predicted octanol–water partition coefficient (Wildman–Crippen LogP) is 0.765. The molecule has 0 aromatic heterocycles. The molecule has 1 aliphatic rings. The van der Waals surface area contributed by atoms with Crippen molar-refractivity contribution in [2.24, 2.45) is 0 Å². The highest BCUT2D eigenvalue weighted by Crippen LogP contribution is 2.27. The summed E-state index contributed by atoms with van der Waals surface area (Å²) in [5, 5.41) is 9.17. The summed E-state index contributed by atoms with van der Waals surface area (Å²) in [6.07, 6.45) is 0.334. The molecule has 0 saturated carbocycles. The maximum atomic E-state index is 12.7. The van der Waals surface area contributed by atoms with Gasteiger partial charge in [0.1, 0.15) is 0 Å². The standard InChI is InChI=1S/C13H18N2O5S/c1-8-11(5-6-20-8)15(2)21(18,19)12-7-9(14)3-4-10(12)13(16)17/h3-4,7-8,11H,5-6,14H2,1-2H3,(H,16,17). The lowest BCUT2D eigenvalue weighted by molar-refractivity contribution is 0.0692. The Hall–Kier alpha value is -1.64. The Kier molecular flexibility index (Phi) is 4.22. The molecule has 1 aromatic carbocycles. The van der Waals surface area contributed by atoms with Gasteiger partial charge in [-0.05, 0) is 31.5 Å². The topological polar surface area (TPSA) is 110 Å². The van der Waals surface area contributed by atoms with Gasteiger partial charge in [-0.25, -0.2) is 13.2 Å². The molecule has 0 bridgehead atoms. The number of hydrogen-bond donors (Lipinski definition) is 2. The van der Waals surface area contributed by atoms with Gasteiger partial charge < -0.3 is 15.6 Å². The SMILES string of the molecule is CC1OCCC1N(C)S(=O)(=O)c1cc(N)ccc1C(=O)O. The maximum absolute atomic E-state index is 12.7. The van der Waals surface area contributed by atoms with E-state index in [1.165, 1.54) is 29.6 Å². The van der Waals surface area contributed by atoms with Gasteiger partial charge in [0.05, 0.1) is 22.6 Å². The molecule has 0 amide bonds. The highest BCUT2D eigenvalue weighted by Gasteiger charge is 2.37. The highest BCUT2D eigenvalue weighted by atomic mass is 32.2. The second kappa shape index (κ2) is 5.63. The average Bonchev–Trinajstić information content (AvgIpc) is 2.83. The van der Waals surface area contributed by atoms with Crippen LogP contribution in [-0.2, 0) is 14.8 Å². The van der Waals surface area contributed by atoms with Gasteiger partial charge in [0.2, 0.25) is 10.0 Å². The number of carbonyl (C=O) groups is 1. The van der Waals surface area contributed by atoms with Crippen LogP contribution in [0.1, 0.15) is 23.7 Å². The van der Waals surface area contributed by atoms with Crippen LogP contribution in [0.25, 0.3) is 0 Å². The number of aromatic carboxylic acids is 1. The monoisotopic (exact) mass is 314 g/mol. The van der Waals surface area contributed by atoms with E-state index < -0.39 is 16.0 Å². The third-order valence-corrected chi connectivity index (χ3v) is 5.62. The van der Waals surface area contributed by atoms with Crippen molar-refractivity contribution in [3.05, 3.63) is 23.8 Å². The first-order valence-electron chi connectivity index (χ1n) is 6.47. The molecule has 7 nitrogen and oxygen atoms in total. The Morgan fingerprint density at radius 2 is 2.14 bits per heavy atom. The van der Waals surface area contributed by atoms with E-state index in [0.29, 0.717) is 13.0 Å². The van der Waals surface area contributed by atoms with E-state index in [1.807, 2.05) is 0 Å². The van der Waals surface area contributed by atoms with Crippen LogP contribution in [0.2, 0.25) is 0 Å². The fraction of sp³-hybridized carbons (Fsp3) is 0.462. The molecule has 0 radical (unpaired) electrons. The van der Waals surface area contributed by atoms with Crippen LogP contribution in [0.3, 0.4) is 0 Å². The van der Waals surface area contributed by atoms with Crippen molar-refractivity contribution < 1.29 is 23.1 Å². The van der Waals surface area contributed by atoms with E-state index in [2.05, 4.69) is 0 Å². The number of nitrogens with two attached hydrogens (primary N) is 1. The van der Waals surface area contributed by atoms with Gasteiger partial charge in [-0.3, -0.25) is 0 Å². The molecule has 116 valence electrons. The highest BCUT2D eigenvalue weighted by molar-refractivity contribution is 7.89. The molecule has 2 unspecified atom stereocenters. The van der Waals surface area contributed by atoms with Gasteiger partial charge in [0.25, 0.3) is 0 Å². The lowest BCUT2D eigenvalue weighted by Crippen LogP contribution is -2.41. The molecule has 1 saturated heterocycles. The largest absolute Gasteiger partial charge is 0.478 e. The summed E-state index contributed by atoms with van der Waals surface area (Å²) >= 11 is 0. The fourth-order valence-corrected chi connectivity index (χ4v) is 4.12. The summed E-state index contributed by atoms with van der Waals surface area (Å²) in [4.78, 5) is 10.9.